The average Bonchev–Trinajstić information content (AvgIpc) is 2.80. The molecule has 0 aliphatic heterocycles. The highest BCUT2D eigenvalue weighted by molar-refractivity contribution is 5.78. The smallest absolute Gasteiger partial charge is 0.441 e. The highest BCUT2D eigenvalue weighted by Crippen LogP contribution is 2.30. The number of carbonyl (C=O) groups is 1. The van der Waals surface area contributed by atoms with Gasteiger partial charge in [0.2, 0.25) is 0 Å². The molecule has 0 spiro atoms. The van der Waals surface area contributed by atoms with Crippen LogP contribution in [-0.2, 0) is 22.0 Å². The predicted octanol–water partition coefficient (Wildman–Crippen LogP) is 3.22. The van der Waals surface area contributed by atoms with Crippen molar-refractivity contribution in [3.05, 3.63) is 58.3 Å². The molecule has 1 aromatic carbocycles. The molecule has 25 heavy (non-hydrogen) atoms. The second-order valence-corrected chi connectivity index (χ2v) is 5.92. The lowest BCUT2D eigenvalue weighted by Crippen LogP contribution is -2.44. The first-order valence-electron chi connectivity index (χ1n) is 8.19. The van der Waals surface area contributed by atoms with Crippen LogP contribution in [0.25, 0.3) is 0 Å². The molecular formula is C18H22F2N2O3. The van der Waals surface area contributed by atoms with E-state index < -0.39 is 17.7 Å². The normalized spacial score (nSPS) is 11.6. The van der Waals surface area contributed by atoms with Gasteiger partial charge >= 0.3 is 17.7 Å². The van der Waals surface area contributed by atoms with E-state index in [0.29, 0.717) is 18.5 Å². The molecule has 2 aromatic rings. The van der Waals surface area contributed by atoms with Gasteiger partial charge in [-0.1, -0.05) is 43.7 Å². The van der Waals surface area contributed by atoms with Crippen LogP contribution in [0.3, 0.4) is 0 Å². The number of alkyl halides is 2. The Morgan fingerprint density at radius 3 is 2.52 bits per heavy atom. The van der Waals surface area contributed by atoms with Crippen molar-refractivity contribution in [2.75, 3.05) is 6.61 Å². The number of halogens is 2. The Kier molecular flexibility index (Phi) is 5.77. The third kappa shape index (κ3) is 3.81. The van der Waals surface area contributed by atoms with Crippen LogP contribution < -0.4 is 4.73 Å². The van der Waals surface area contributed by atoms with Gasteiger partial charge < -0.3 is 9.94 Å². The summed E-state index contributed by atoms with van der Waals surface area (Å²) >= 11 is 0. The first-order chi connectivity index (χ1) is 11.8. The van der Waals surface area contributed by atoms with E-state index in [1.54, 1.807) is 31.2 Å². The lowest BCUT2D eigenvalue weighted by molar-refractivity contribution is -0.629. The number of aromatic nitrogens is 2. The van der Waals surface area contributed by atoms with E-state index in [9.17, 15) is 18.8 Å². The number of nitrogens with zero attached hydrogens (tertiary/aromatic N) is 2. The maximum atomic E-state index is 14.7. The van der Waals surface area contributed by atoms with Crippen molar-refractivity contribution in [3.8, 4) is 0 Å². The highest BCUT2D eigenvalue weighted by Gasteiger charge is 2.53. The van der Waals surface area contributed by atoms with Crippen LogP contribution >= 0.6 is 0 Å². The molecule has 0 radical (unpaired) electrons. The summed E-state index contributed by atoms with van der Waals surface area (Å²) in [6, 6.07) is 8.91. The lowest BCUT2D eigenvalue weighted by atomic mass is 10.2. The van der Waals surface area contributed by atoms with Crippen LogP contribution in [0.5, 0.6) is 0 Å². The molecule has 1 heterocycles. The Balaban J connectivity index is 2.42. The molecule has 2 rings (SSSR count). The quantitative estimate of drug-likeness (QED) is 0.333. The summed E-state index contributed by atoms with van der Waals surface area (Å²) in [6.07, 6.45) is 1.20. The number of imidazole rings is 1. The van der Waals surface area contributed by atoms with Gasteiger partial charge in [0.25, 0.3) is 0 Å². The number of hydrogen-bond donors (Lipinski definition) is 0. The molecule has 0 atom stereocenters. The highest BCUT2D eigenvalue weighted by atomic mass is 19.3. The third-order valence-corrected chi connectivity index (χ3v) is 4.13. The standard InChI is InChI=1S/C18H22F2N2O3/c1-4-5-11-25-17(23)18(19,20)16-21(13(2)14(3)22(16)24)12-15-9-7-6-8-10-15/h6-10H,4-5,11-12H2,1-3H3. The number of carbonyl (C=O) groups excluding carboxylic acids is 1. The minimum absolute atomic E-state index is 0.0654. The molecule has 0 saturated carbocycles. The number of rotatable bonds is 7. The monoisotopic (exact) mass is 352 g/mol. The molecule has 5 nitrogen and oxygen atoms in total. The summed E-state index contributed by atoms with van der Waals surface area (Å²) < 4.78 is 35.3. The van der Waals surface area contributed by atoms with E-state index in [1.807, 2.05) is 13.0 Å². The van der Waals surface area contributed by atoms with Crippen molar-refractivity contribution in [1.29, 1.82) is 0 Å². The van der Waals surface area contributed by atoms with Crippen LogP contribution in [-0.4, -0.2) is 17.1 Å². The zero-order chi connectivity index (χ0) is 18.6. The Morgan fingerprint density at radius 1 is 1.28 bits per heavy atom. The maximum Gasteiger partial charge on any atom is 0.441 e. The molecule has 0 unspecified atom stereocenters. The van der Waals surface area contributed by atoms with Crippen molar-refractivity contribution in [3.63, 3.8) is 0 Å². The van der Waals surface area contributed by atoms with Gasteiger partial charge in [0.15, 0.2) is 0 Å². The number of ether oxygens (including phenoxy) is 1. The molecule has 0 N–H and O–H groups in total. The minimum Gasteiger partial charge on any atom is -0.710 e. The molecule has 0 amide bonds. The van der Waals surface area contributed by atoms with E-state index in [1.165, 1.54) is 11.5 Å². The molecule has 7 heteroatoms. The van der Waals surface area contributed by atoms with Crippen LogP contribution in [0.1, 0.15) is 42.5 Å². The van der Waals surface area contributed by atoms with Gasteiger partial charge in [0.1, 0.15) is 17.9 Å². The van der Waals surface area contributed by atoms with Crippen LogP contribution in [0.4, 0.5) is 8.78 Å². The van der Waals surface area contributed by atoms with Crippen LogP contribution in [0.2, 0.25) is 0 Å². The fourth-order valence-corrected chi connectivity index (χ4v) is 2.52. The molecule has 0 saturated heterocycles. The number of hydrogen-bond acceptors (Lipinski definition) is 3. The summed E-state index contributed by atoms with van der Waals surface area (Å²) in [7, 11) is 0. The first kappa shape index (κ1) is 18.9. The van der Waals surface area contributed by atoms with Crippen molar-refractivity contribution in [2.45, 2.75) is 46.1 Å². The summed E-state index contributed by atoms with van der Waals surface area (Å²) in [6.45, 7) is 4.85. The van der Waals surface area contributed by atoms with Crippen molar-refractivity contribution in [2.24, 2.45) is 0 Å². The van der Waals surface area contributed by atoms with Crippen molar-refractivity contribution < 1.29 is 23.0 Å². The van der Waals surface area contributed by atoms with Crippen LogP contribution in [0, 0.1) is 19.1 Å². The maximum absolute atomic E-state index is 14.7. The van der Waals surface area contributed by atoms with Crippen LogP contribution in [0.15, 0.2) is 30.3 Å². The number of esters is 1. The largest absolute Gasteiger partial charge is 0.710 e. The first-order valence-corrected chi connectivity index (χ1v) is 8.19. The van der Waals surface area contributed by atoms with E-state index >= 15 is 0 Å². The lowest BCUT2D eigenvalue weighted by Gasteiger charge is -2.16. The van der Waals surface area contributed by atoms with Gasteiger partial charge in [-0.3, -0.25) is 0 Å². The van der Waals surface area contributed by atoms with E-state index in [-0.39, 0.29) is 23.6 Å². The van der Waals surface area contributed by atoms with Crippen molar-refractivity contribution >= 4 is 5.97 Å². The Bertz CT molecular complexity index is 743. The molecule has 136 valence electrons. The van der Waals surface area contributed by atoms with E-state index in [4.69, 9.17) is 0 Å². The predicted molar refractivity (Wildman–Crippen MR) is 88.2 cm³/mol. The Labute approximate surface area is 145 Å². The number of unbranched alkanes of at least 4 members (excludes halogenated alkanes) is 1. The van der Waals surface area contributed by atoms with Gasteiger partial charge in [-0.05, 0) is 12.0 Å². The molecular weight excluding hydrogens is 330 g/mol. The third-order valence-electron chi connectivity index (χ3n) is 4.13. The molecule has 0 fully saturated rings. The Morgan fingerprint density at radius 2 is 1.92 bits per heavy atom. The molecule has 0 aliphatic rings. The zero-order valence-corrected chi connectivity index (χ0v) is 14.6. The van der Waals surface area contributed by atoms with Gasteiger partial charge in [-0.25, -0.2) is 14.1 Å². The molecule has 1 aromatic heterocycles. The number of benzene rings is 1. The second kappa shape index (κ2) is 7.63. The van der Waals surface area contributed by atoms with E-state index in [2.05, 4.69) is 4.74 Å². The summed E-state index contributed by atoms with van der Waals surface area (Å²) in [4.78, 5) is 11.9. The van der Waals surface area contributed by atoms with Gasteiger partial charge in [-0.2, -0.15) is 8.78 Å². The second-order valence-electron chi connectivity index (χ2n) is 5.92. The van der Waals surface area contributed by atoms with Gasteiger partial charge in [0, 0.05) is 13.8 Å². The fraction of sp³-hybridized carbons (Fsp3) is 0.444. The Hall–Kier alpha value is -2.44. The minimum atomic E-state index is -4.02. The fourth-order valence-electron chi connectivity index (χ4n) is 2.52. The summed E-state index contributed by atoms with van der Waals surface area (Å²) in [5, 5.41) is 12.3. The van der Waals surface area contributed by atoms with Gasteiger partial charge in [-0.15, -0.1) is 0 Å². The molecule has 0 bridgehead atoms. The van der Waals surface area contributed by atoms with Gasteiger partial charge in [0.05, 0.1) is 6.61 Å². The van der Waals surface area contributed by atoms with E-state index in [0.717, 1.165) is 5.56 Å². The topological polar surface area (TPSA) is 58.2 Å². The molecule has 0 aliphatic carbocycles. The summed E-state index contributed by atoms with van der Waals surface area (Å²) in [5.74, 6) is -6.63. The summed E-state index contributed by atoms with van der Waals surface area (Å²) in [5.41, 5.74) is 1.26. The SMILES string of the molecule is CCCCOC(=O)C(F)(F)c1n(Cc2ccccc2)c(C)c(C)[n+]1[O-]. The zero-order valence-electron chi connectivity index (χ0n) is 14.6. The van der Waals surface area contributed by atoms with Crippen molar-refractivity contribution in [1.82, 2.24) is 4.57 Å². The average molecular weight is 352 g/mol.